The van der Waals surface area contributed by atoms with Crippen molar-refractivity contribution in [1.29, 1.82) is 0 Å². The SMILES string of the molecule is CCNC(=O)[C@@H](C)NC(=O)COC(=O)c1cnccn1. The molecular formula is C12H16N4O4. The number of aromatic nitrogens is 2. The van der Waals surface area contributed by atoms with Crippen LogP contribution in [0.3, 0.4) is 0 Å². The zero-order chi connectivity index (χ0) is 15.0. The summed E-state index contributed by atoms with van der Waals surface area (Å²) in [7, 11) is 0. The largest absolute Gasteiger partial charge is 0.451 e. The predicted molar refractivity (Wildman–Crippen MR) is 68.6 cm³/mol. The van der Waals surface area contributed by atoms with Crippen molar-refractivity contribution in [2.75, 3.05) is 13.2 Å². The van der Waals surface area contributed by atoms with Gasteiger partial charge < -0.3 is 15.4 Å². The Morgan fingerprint density at radius 1 is 1.35 bits per heavy atom. The standard InChI is InChI=1S/C12H16N4O4/c1-3-14-11(18)8(2)16-10(17)7-20-12(19)9-6-13-4-5-15-9/h4-6,8H,3,7H2,1-2H3,(H,14,18)(H,16,17)/t8-/m1/s1. The van der Waals surface area contributed by atoms with Crippen LogP contribution in [0.25, 0.3) is 0 Å². The van der Waals surface area contributed by atoms with Gasteiger partial charge in [-0.2, -0.15) is 0 Å². The number of likely N-dealkylation sites (N-methyl/N-ethyl adjacent to an activating group) is 1. The van der Waals surface area contributed by atoms with Crippen LogP contribution in [0.1, 0.15) is 24.3 Å². The van der Waals surface area contributed by atoms with E-state index in [1.54, 1.807) is 6.92 Å². The molecule has 0 unspecified atom stereocenters. The molecule has 1 heterocycles. The normalized spacial score (nSPS) is 11.3. The van der Waals surface area contributed by atoms with Crippen LogP contribution in [-0.2, 0) is 14.3 Å². The second kappa shape index (κ2) is 7.82. The molecule has 1 atom stereocenters. The molecule has 1 aromatic rings. The number of hydrogen-bond donors (Lipinski definition) is 2. The number of carbonyl (C=O) groups excluding carboxylic acids is 3. The van der Waals surface area contributed by atoms with Crippen LogP contribution in [0.2, 0.25) is 0 Å². The van der Waals surface area contributed by atoms with E-state index < -0.39 is 24.5 Å². The van der Waals surface area contributed by atoms with Gasteiger partial charge in [-0.15, -0.1) is 0 Å². The highest BCUT2D eigenvalue weighted by atomic mass is 16.5. The Morgan fingerprint density at radius 2 is 2.10 bits per heavy atom. The average molecular weight is 280 g/mol. The number of esters is 1. The Bertz CT molecular complexity index is 478. The van der Waals surface area contributed by atoms with Crippen LogP contribution in [0.4, 0.5) is 0 Å². The molecule has 1 aromatic heterocycles. The van der Waals surface area contributed by atoms with Crippen LogP contribution in [-0.4, -0.2) is 46.9 Å². The molecular weight excluding hydrogens is 264 g/mol. The van der Waals surface area contributed by atoms with Crippen LogP contribution < -0.4 is 10.6 Å². The maximum Gasteiger partial charge on any atom is 0.359 e. The number of carbonyl (C=O) groups is 3. The molecule has 0 aliphatic heterocycles. The molecule has 0 fully saturated rings. The molecule has 108 valence electrons. The zero-order valence-corrected chi connectivity index (χ0v) is 11.3. The average Bonchev–Trinajstić information content (AvgIpc) is 2.45. The van der Waals surface area contributed by atoms with E-state index in [2.05, 4.69) is 20.6 Å². The second-order valence-corrected chi connectivity index (χ2v) is 3.85. The van der Waals surface area contributed by atoms with Crippen LogP contribution in [0, 0.1) is 0 Å². The number of rotatable bonds is 6. The third kappa shape index (κ3) is 5.01. The third-order valence-electron chi connectivity index (χ3n) is 2.23. The highest BCUT2D eigenvalue weighted by Gasteiger charge is 2.16. The summed E-state index contributed by atoms with van der Waals surface area (Å²) in [5.74, 6) is -1.62. The molecule has 0 bridgehead atoms. The molecule has 0 saturated heterocycles. The molecule has 2 N–H and O–H groups in total. The third-order valence-corrected chi connectivity index (χ3v) is 2.23. The molecule has 0 saturated carbocycles. The zero-order valence-electron chi connectivity index (χ0n) is 11.3. The van der Waals surface area contributed by atoms with Gasteiger partial charge in [-0.1, -0.05) is 0 Å². The quantitative estimate of drug-likeness (QED) is 0.665. The summed E-state index contributed by atoms with van der Waals surface area (Å²) in [6, 6.07) is -0.697. The molecule has 0 aromatic carbocycles. The summed E-state index contributed by atoms with van der Waals surface area (Å²) in [6.07, 6.45) is 3.99. The lowest BCUT2D eigenvalue weighted by molar-refractivity contribution is -0.130. The fourth-order valence-corrected chi connectivity index (χ4v) is 1.29. The topological polar surface area (TPSA) is 110 Å². The first-order chi connectivity index (χ1) is 9.54. The monoisotopic (exact) mass is 280 g/mol. The Kier molecular flexibility index (Phi) is 6.08. The van der Waals surface area contributed by atoms with Gasteiger partial charge in [0.2, 0.25) is 5.91 Å². The lowest BCUT2D eigenvalue weighted by atomic mass is 10.3. The van der Waals surface area contributed by atoms with Crippen molar-refractivity contribution in [3.63, 3.8) is 0 Å². The van der Waals surface area contributed by atoms with E-state index in [-0.39, 0.29) is 11.6 Å². The Morgan fingerprint density at radius 3 is 2.70 bits per heavy atom. The van der Waals surface area contributed by atoms with E-state index in [0.717, 1.165) is 0 Å². The van der Waals surface area contributed by atoms with E-state index in [1.165, 1.54) is 25.5 Å². The van der Waals surface area contributed by atoms with Crippen LogP contribution in [0.5, 0.6) is 0 Å². The van der Waals surface area contributed by atoms with Crippen molar-refractivity contribution in [2.45, 2.75) is 19.9 Å². The number of nitrogens with zero attached hydrogens (tertiary/aromatic N) is 2. The second-order valence-electron chi connectivity index (χ2n) is 3.85. The summed E-state index contributed by atoms with van der Waals surface area (Å²) in [4.78, 5) is 41.8. The molecule has 0 aliphatic carbocycles. The Labute approximate surface area is 115 Å². The van der Waals surface area contributed by atoms with Crippen LogP contribution in [0.15, 0.2) is 18.6 Å². The first kappa shape index (κ1) is 15.5. The van der Waals surface area contributed by atoms with Gasteiger partial charge in [0.1, 0.15) is 6.04 Å². The number of ether oxygens (including phenoxy) is 1. The fraction of sp³-hybridized carbons (Fsp3) is 0.417. The van der Waals surface area contributed by atoms with Gasteiger partial charge in [-0.05, 0) is 13.8 Å². The highest BCUT2D eigenvalue weighted by molar-refractivity contribution is 5.91. The molecule has 8 nitrogen and oxygen atoms in total. The van der Waals surface area contributed by atoms with E-state index >= 15 is 0 Å². The van der Waals surface area contributed by atoms with E-state index in [4.69, 9.17) is 4.74 Å². The minimum absolute atomic E-state index is 0.0112. The molecule has 0 aliphatic rings. The molecule has 0 spiro atoms. The summed E-state index contributed by atoms with van der Waals surface area (Å²) < 4.78 is 4.75. The molecule has 0 radical (unpaired) electrons. The minimum atomic E-state index is -0.751. The molecule has 2 amide bonds. The van der Waals surface area contributed by atoms with Gasteiger partial charge in [0.05, 0.1) is 6.20 Å². The summed E-state index contributed by atoms with van der Waals surface area (Å²) in [5, 5.41) is 4.97. The van der Waals surface area contributed by atoms with Gasteiger partial charge in [0.15, 0.2) is 12.3 Å². The first-order valence-corrected chi connectivity index (χ1v) is 6.04. The van der Waals surface area contributed by atoms with Gasteiger partial charge in [0, 0.05) is 18.9 Å². The number of nitrogens with one attached hydrogen (secondary N) is 2. The lowest BCUT2D eigenvalue weighted by Gasteiger charge is -2.13. The van der Waals surface area contributed by atoms with Crippen molar-refractivity contribution in [1.82, 2.24) is 20.6 Å². The van der Waals surface area contributed by atoms with Gasteiger partial charge in [-0.3, -0.25) is 14.6 Å². The minimum Gasteiger partial charge on any atom is -0.451 e. The van der Waals surface area contributed by atoms with E-state index in [9.17, 15) is 14.4 Å². The van der Waals surface area contributed by atoms with Crippen molar-refractivity contribution >= 4 is 17.8 Å². The van der Waals surface area contributed by atoms with Gasteiger partial charge >= 0.3 is 5.97 Å². The molecule has 1 rings (SSSR count). The maximum atomic E-state index is 11.5. The van der Waals surface area contributed by atoms with E-state index in [1.807, 2.05) is 0 Å². The summed E-state index contributed by atoms with van der Waals surface area (Å²) >= 11 is 0. The van der Waals surface area contributed by atoms with Crippen molar-refractivity contribution in [3.05, 3.63) is 24.3 Å². The first-order valence-electron chi connectivity index (χ1n) is 6.04. The fourth-order valence-electron chi connectivity index (χ4n) is 1.29. The van der Waals surface area contributed by atoms with E-state index in [0.29, 0.717) is 6.54 Å². The summed E-state index contributed by atoms with van der Waals surface area (Å²) in [6.45, 7) is 3.29. The smallest absolute Gasteiger partial charge is 0.359 e. The number of amides is 2. The van der Waals surface area contributed by atoms with Crippen molar-refractivity contribution < 1.29 is 19.1 Å². The maximum absolute atomic E-state index is 11.5. The predicted octanol–water partition coefficient (Wildman–Crippen LogP) is -0.726. The van der Waals surface area contributed by atoms with Gasteiger partial charge in [-0.25, -0.2) is 9.78 Å². The molecule has 8 heteroatoms. The molecule has 20 heavy (non-hydrogen) atoms. The number of hydrogen-bond acceptors (Lipinski definition) is 6. The van der Waals surface area contributed by atoms with Crippen molar-refractivity contribution in [2.24, 2.45) is 0 Å². The lowest BCUT2D eigenvalue weighted by Crippen LogP contribution is -2.46. The Balaban J connectivity index is 2.37. The van der Waals surface area contributed by atoms with Crippen molar-refractivity contribution in [3.8, 4) is 0 Å². The highest BCUT2D eigenvalue weighted by Crippen LogP contribution is 1.94. The van der Waals surface area contributed by atoms with Crippen LogP contribution >= 0.6 is 0 Å². The van der Waals surface area contributed by atoms with Gasteiger partial charge in [0.25, 0.3) is 5.91 Å². The Hall–Kier alpha value is -2.51. The summed E-state index contributed by atoms with van der Waals surface area (Å²) in [5.41, 5.74) is 0.0112.